The van der Waals surface area contributed by atoms with Gasteiger partial charge in [-0.1, -0.05) is 0 Å². The molecule has 0 saturated heterocycles. The van der Waals surface area contributed by atoms with Crippen LogP contribution in [-0.4, -0.2) is 34.0 Å². The highest BCUT2D eigenvalue weighted by Crippen LogP contribution is 1.85. The van der Waals surface area contributed by atoms with Crippen molar-refractivity contribution >= 4 is 5.78 Å². The molecule has 0 aromatic rings. The molecule has 0 aliphatic carbocycles. The standard InChI is InChI=1S/C4H8O4/c5-2-3(6)1-4(7)8/h4-5,7-8H,1-2H2. The van der Waals surface area contributed by atoms with Crippen LogP contribution >= 0.6 is 0 Å². The van der Waals surface area contributed by atoms with E-state index in [9.17, 15) is 4.79 Å². The highest BCUT2D eigenvalue weighted by atomic mass is 16.5. The maximum atomic E-state index is 10.1. The van der Waals surface area contributed by atoms with Crippen LogP contribution in [0.25, 0.3) is 0 Å². The second kappa shape index (κ2) is 3.54. The second-order valence-corrected chi connectivity index (χ2v) is 1.38. The van der Waals surface area contributed by atoms with Crippen molar-refractivity contribution in [2.24, 2.45) is 0 Å². The van der Waals surface area contributed by atoms with Gasteiger partial charge in [-0.15, -0.1) is 0 Å². The van der Waals surface area contributed by atoms with E-state index < -0.39 is 25.1 Å². The summed E-state index contributed by atoms with van der Waals surface area (Å²) in [6.07, 6.45) is -2.02. The van der Waals surface area contributed by atoms with Crippen molar-refractivity contribution in [3.63, 3.8) is 0 Å². The van der Waals surface area contributed by atoms with Crippen molar-refractivity contribution in [1.82, 2.24) is 0 Å². The van der Waals surface area contributed by atoms with Gasteiger partial charge in [0.15, 0.2) is 12.1 Å². The van der Waals surface area contributed by atoms with E-state index in [-0.39, 0.29) is 0 Å². The van der Waals surface area contributed by atoms with Crippen molar-refractivity contribution in [2.75, 3.05) is 6.61 Å². The van der Waals surface area contributed by atoms with E-state index in [0.29, 0.717) is 0 Å². The number of hydrogen-bond acceptors (Lipinski definition) is 4. The van der Waals surface area contributed by atoms with Crippen LogP contribution in [0.15, 0.2) is 0 Å². The molecular weight excluding hydrogens is 112 g/mol. The zero-order chi connectivity index (χ0) is 6.57. The molecule has 0 radical (unpaired) electrons. The topological polar surface area (TPSA) is 77.8 Å². The first-order valence-electron chi connectivity index (χ1n) is 2.15. The Morgan fingerprint density at radius 3 is 2.12 bits per heavy atom. The first-order valence-corrected chi connectivity index (χ1v) is 2.15. The van der Waals surface area contributed by atoms with Gasteiger partial charge in [-0.2, -0.15) is 0 Å². The Labute approximate surface area is 46.4 Å². The molecule has 0 spiro atoms. The van der Waals surface area contributed by atoms with Gasteiger partial charge in [0.1, 0.15) is 6.61 Å². The number of rotatable bonds is 3. The summed E-state index contributed by atoms with van der Waals surface area (Å²) in [7, 11) is 0. The van der Waals surface area contributed by atoms with Gasteiger partial charge in [0, 0.05) is 0 Å². The molecule has 0 aromatic heterocycles. The lowest BCUT2D eigenvalue weighted by atomic mass is 10.3. The Hall–Kier alpha value is -0.450. The molecule has 0 aliphatic heterocycles. The summed E-state index contributed by atoms with van der Waals surface area (Å²) in [5, 5.41) is 24.2. The van der Waals surface area contributed by atoms with Gasteiger partial charge < -0.3 is 15.3 Å². The Balaban J connectivity index is 3.25. The molecule has 0 aromatic carbocycles. The molecule has 0 unspecified atom stereocenters. The zero-order valence-electron chi connectivity index (χ0n) is 4.24. The number of carbonyl (C=O) groups excluding carboxylic acids is 1. The first-order chi connectivity index (χ1) is 3.66. The Kier molecular flexibility index (Phi) is 3.34. The van der Waals surface area contributed by atoms with Gasteiger partial charge in [0.2, 0.25) is 0 Å². The fourth-order valence-corrected chi connectivity index (χ4v) is 0.268. The van der Waals surface area contributed by atoms with Gasteiger partial charge in [-0.3, -0.25) is 4.79 Å². The molecule has 0 rings (SSSR count). The van der Waals surface area contributed by atoms with E-state index >= 15 is 0 Å². The largest absolute Gasteiger partial charge is 0.389 e. The number of ketones is 1. The maximum absolute atomic E-state index is 10.1. The SMILES string of the molecule is O=C(CO)CC(O)O. The number of Topliss-reactive ketones (excluding diaryl/α,β-unsaturated/α-hetero) is 1. The van der Waals surface area contributed by atoms with Crippen LogP contribution in [0.2, 0.25) is 0 Å². The number of hydrogen-bond donors (Lipinski definition) is 3. The lowest BCUT2D eigenvalue weighted by Gasteiger charge is -1.97. The highest BCUT2D eigenvalue weighted by molar-refractivity contribution is 5.79. The molecule has 0 heterocycles. The van der Waals surface area contributed by atoms with Crippen molar-refractivity contribution in [2.45, 2.75) is 12.7 Å². The van der Waals surface area contributed by atoms with Crippen molar-refractivity contribution < 1.29 is 20.1 Å². The normalized spacial score (nSPS) is 10.0. The third-order valence-electron chi connectivity index (χ3n) is 0.587. The molecule has 0 atom stereocenters. The van der Waals surface area contributed by atoms with Crippen molar-refractivity contribution in [3.8, 4) is 0 Å². The predicted molar refractivity (Wildman–Crippen MR) is 24.9 cm³/mol. The van der Waals surface area contributed by atoms with E-state index in [0.717, 1.165) is 0 Å². The van der Waals surface area contributed by atoms with E-state index in [2.05, 4.69) is 0 Å². The Morgan fingerprint density at radius 2 is 2.00 bits per heavy atom. The molecule has 0 aliphatic rings. The molecule has 0 fully saturated rings. The lowest BCUT2D eigenvalue weighted by Crippen LogP contribution is -2.14. The number of carbonyl (C=O) groups is 1. The van der Waals surface area contributed by atoms with Crippen LogP contribution in [0.5, 0.6) is 0 Å². The van der Waals surface area contributed by atoms with E-state index in [1.165, 1.54) is 0 Å². The minimum atomic E-state index is -1.63. The number of aliphatic hydroxyl groups is 3. The Bertz CT molecular complexity index is 78.1. The monoisotopic (exact) mass is 120 g/mol. The molecule has 3 N–H and O–H groups in total. The summed E-state index contributed by atoms with van der Waals surface area (Å²) >= 11 is 0. The molecule has 0 amide bonds. The molecule has 8 heavy (non-hydrogen) atoms. The minimum Gasteiger partial charge on any atom is -0.389 e. The summed E-state index contributed by atoms with van der Waals surface area (Å²) in [5.74, 6) is -0.569. The van der Waals surface area contributed by atoms with Crippen LogP contribution in [0.4, 0.5) is 0 Å². The first kappa shape index (κ1) is 7.55. The van der Waals surface area contributed by atoms with Crippen LogP contribution in [0, 0.1) is 0 Å². The smallest absolute Gasteiger partial charge is 0.163 e. The fraction of sp³-hybridized carbons (Fsp3) is 0.750. The lowest BCUT2D eigenvalue weighted by molar-refractivity contribution is -0.130. The highest BCUT2D eigenvalue weighted by Gasteiger charge is 2.03. The third kappa shape index (κ3) is 3.73. The Morgan fingerprint density at radius 1 is 1.50 bits per heavy atom. The maximum Gasteiger partial charge on any atom is 0.163 e. The second-order valence-electron chi connectivity index (χ2n) is 1.38. The molecule has 4 nitrogen and oxygen atoms in total. The molecule has 0 saturated carbocycles. The molecule has 4 heteroatoms. The fourth-order valence-electron chi connectivity index (χ4n) is 0.268. The molecule has 0 bridgehead atoms. The van der Waals surface area contributed by atoms with Gasteiger partial charge in [0.05, 0.1) is 6.42 Å². The minimum absolute atomic E-state index is 0.392. The zero-order valence-corrected chi connectivity index (χ0v) is 4.24. The van der Waals surface area contributed by atoms with Crippen molar-refractivity contribution in [1.29, 1.82) is 0 Å². The van der Waals surface area contributed by atoms with Crippen LogP contribution in [0.3, 0.4) is 0 Å². The summed E-state index contributed by atoms with van der Waals surface area (Å²) in [6, 6.07) is 0. The van der Waals surface area contributed by atoms with Gasteiger partial charge >= 0.3 is 0 Å². The van der Waals surface area contributed by atoms with Crippen molar-refractivity contribution in [3.05, 3.63) is 0 Å². The van der Waals surface area contributed by atoms with Crippen LogP contribution < -0.4 is 0 Å². The average molecular weight is 120 g/mol. The summed E-state index contributed by atoms with van der Waals surface area (Å²) in [5.41, 5.74) is 0. The van der Waals surface area contributed by atoms with Crippen LogP contribution in [0.1, 0.15) is 6.42 Å². The van der Waals surface area contributed by atoms with Gasteiger partial charge in [0.25, 0.3) is 0 Å². The summed E-state index contributed by atoms with van der Waals surface area (Å²) < 4.78 is 0. The summed E-state index contributed by atoms with van der Waals surface area (Å²) in [4.78, 5) is 10.1. The van der Waals surface area contributed by atoms with E-state index in [1.54, 1.807) is 0 Å². The number of aliphatic hydroxyl groups excluding tert-OH is 2. The molecular formula is C4H8O4. The molecule has 48 valence electrons. The quantitative estimate of drug-likeness (QED) is 0.386. The predicted octanol–water partition coefficient (Wildman–Crippen LogP) is -1.75. The third-order valence-corrected chi connectivity index (χ3v) is 0.587. The van der Waals surface area contributed by atoms with Crippen LogP contribution in [-0.2, 0) is 4.79 Å². The van der Waals surface area contributed by atoms with E-state index in [1.807, 2.05) is 0 Å². The van der Waals surface area contributed by atoms with E-state index in [4.69, 9.17) is 15.3 Å². The van der Waals surface area contributed by atoms with Gasteiger partial charge in [-0.25, -0.2) is 0 Å². The van der Waals surface area contributed by atoms with Gasteiger partial charge in [-0.05, 0) is 0 Å². The average Bonchev–Trinajstić information content (AvgIpc) is 1.65. The summed E-state index contributed by atoms with van der Waals surface area (Å²) in [6.45, 7) is -0.627.